The minimum Gasteiger partial charge on any atom is -0.373 e. The van der Waals surface area contributed by atoms with Crippen LogP contribution in [0.5, 0.6) is 0 Å². The van der Waals surface area contributed by atoms with Crippen LogP contribution >= 0.6 is 12.2 Å². The lowest BCUT2D eigenvalue weighted by Crippen LogP contribution is -2.31. The molecule has 1 aromatic carbocycles. The molecule has 0 heterocycles. The Labute approximate surface area is 136 Å². The van der Waals surface area contributed by atoms with E-state index < -0.39 is 0 Å². The van der Waals surface area contributed by atoms with Gasteiger partial charge in [-0.05, 0) is 33.0 Å². The molecule has 0 amide bonds. The van der Waals surface area contributed by atoms with E-state index in [9.17, 15) is 4.79 Å². The number of hydrogen-bond acceptors (Lipinski definition) is 4. The molecule has 0 fully saturated rings. The minimum absolute atomic E-state index is 0.0468. The third-order valence-corrected chi connectivity index (χ3v) is 3.74. The van der Waals surface area contributed by atoms with Crippen molar-refractivity contribution in [3.63, 3.8) is 0 Å². The molecule has 0 spiro atoms. The molecular weight excluding hydrogens is 280 g/mol. The van der Waals surface area contributed by atoms with E-state index in [1.54, 1.807) is 0 Å². The van der Waals surface area contributed by atoms with Gasteiger partial charge in [-0.1, -0.05) is 53.8 Å². The van der Waals surface area contributed by atoms with Crippen molar-refractivity contribution in [1.29, 1.82) is 0 Å². The second-order valence-electron chi connectivity index (χ2n) is 4.43. The first-order valence-electron chi connectivity index (χ1n) is 8.26. The molecule has 4 heteroatoms. The fourth-order valence-electron chi connectivity index (χ4n) is 2.14. The second-order valence-corrected chi connectivity index (χ2v) is 4.84. The molecule has 0 aliphatic carbocycles. The van der Waals surface area contributed by atoms with Crippen LogP contribution in [-0.4, -0.2) is 38.1 Å². The van der Waals surface area contributed by atoms with E-state index in [4.69, 9.17) is 12.2 Å². The van der Waals surface area contributed by atoms with Crippen LogP contribution in [0.15, 0.2) is 4.79 Å². The van der Waals surface area contributed by atoms with Crippen LogP contribution < -0.4 is 10.3 Å². The van der Waals surface area contributed by atoms with Gasteiger partial charge in [-0.3, -0.25) is 4.79 Å². The predicted octanol–water partition coefficient (Wildman–Crippen LogP) is 4.18. The summed E-state index contributed by atoms with van der Waals surface area (Å²) in [5, 5.41) is 0. The van der Waals surface area contributed by atoms with Gasteiger partial charge in [0.1, 0.15) is 4.51 Å². The van der Waals surface area contributed by atoms with E-state index in [2.05, 4.69) is 23.6 Å². The number of anilines is 1. The van der Waals surface area contributed by atoms with Crippen LogP contribution in [-0.2, 0) is 0 Å². The van der Waals surface area contributed by atoms with Crippen LogP contribution in [0.3, 0.4) is 0 Å². The van der Waals surface area contributed by atoms with E-state index in [-0.39, 0.29) is 5.43 Å². The van der Waals surface area contributed by atoms with E-state index in [0.29, 0.717) is 4.51 Å². The predicted molar refractivity (Wildman–Crippen MR) is 99.0 cm³/mol. The van der Waals surface area contributed by atoms with Crippen LogP contribution in [0.2, 0.25) is 0 Å². The Morgan fingerprint density at radius 2 is 1.48 bits per heavy atom. The average molecular weight is 315 g/mol. The summed E-state index contributed by atoms with van der Waals surface area (Å²) in [6.45, 7) is 18.5. The Kier molecular flexibility index (Phi) is 13.9. The first kappa shape index (κ1) is 22.5. The molecule has 124 valence electrons. The Morgan fingerprint density at radius 3 is 1.86 bits per heavy atom. The highest BCUT2D eigenvalue weighted by Crippen LogP contribution is 2.20. The third kappa shape index (κ3) is 6.70. The first-order valence-corrected chi connectivity index (χ1v) is 8.67. The fraction of sp³-hybridized carbons (Fsp3) is 0.765. The topological polar surface area (TPSA) is 23.6 Å². The van der Waals surface area contributed by atoms with Crippen molar-refractivity contribution >= 4 is 17.9 Å². The van der Waals surface area contributed by atoms with Gasteiger partial charge >= 0.3 is 0 Å². The maximum atomic E-state index is 11.3. The summed E-state index contributed by atoms with van der Waals surface area (Å²) >= 11 is 5.07. The molecule has 0 aliphatic heterocycles. The summed E-state index contributed by atoms with van der Waals surface area (Å²) in [5.74, 6) is 0. The zero-order valence-corrected chi connectivity index (χ0v) is 16.1. The zero-order valence-electron chi connectivity index (χ0n) is 15.2. The quantitative estimate of drug-likeness (QED) is 0.704. The van der Waals surface area contributed by atoms with Crippen molar-refractivity contribution in [1.82, 2.24) is 4.90 Å². The summed E-state index contributed by atoms with van der Waals surface area (Å²) in [6.07, 6.45) is 1.10. The number of nitrogens with zero attached hydrogens (tertiary/aromatic N) is 2. The molecular formula is C17H34N2OS. The minimum atomic E-state index is 0.0468. The highest BCUT2D eigenvalue weighted by Gasteiger charge is 2.16. The first-order chi connectivity index (χ1) is 10.0. The molecule has 0 aliphatic rings. The van der Waals surface area contributed by atoms with Gasteiger partial charge in [0.15, 0.2) is 0 Å². The maximum absolute atomic E-state index is 11.3. The normalized spacial score (nSPS) is 9.76. The van der Waals surface area contributed by atoms with Gasteiger partial charge in [-0.25, -0.2) is 0 Å². The largest absolute Gasteiger partial charge is 0.373 e. The Balaban J connectivity index is 0. The lowest BCUT2D eigenvalue weighted by atomic mass is 10.1. The molecule has 1 rings (SSSR count). The van der Waals surface area contributed by atoms with Crippen LogP contribution in [0, 0.1) is 11.4 Å². The fourth-order valence-corrected chi connectivity index (χ4v) is 2.60. The van der Waals surface area contributed by atoms with Gasteiger partial charge in [-0.2, -0.15) is 0 Å². The molecule has 0 radical (unpaired) electrons. The molecule has 0 unspecified atom stereocenters. The highest BCUT2D eigenvalue weighted by atomic mass is 32.1. The standard InChI is InChI=1S/C13H22N2OS.2C2H6/c1-5-15(6-2)9-7-8-14(4)11-10(3)12(16)13(11)17;2*1-2/h5-9H2,1-4H3;2*1-2H3. The molecule has 0 N–H and O–H groups in total. The maximum Gasteiger partial charge on any atom is 0.203 e. The van der Waals surface area contributed by atoms with Gasteiger partial charge in [0.05, 0.1) is 5.69 Å². The van der Waals surface area contributed by atoms with Crippen LogP contribution in [0.4, 0.5) is 5.69 Å². The molecule has 0 aromatic heterocycles. The van der Waals surface area contributed by atoms with E-state index in [1.165, 1.54) is 0 Å². The lowest BCUT2D eigenvalue weighted by Gasteiger charge is -2.25. The Morgan fingerprint density at radius 1 is 1.00 bits per heavy atom. The van der Waals surface area contributed by atoms with Crippen molar-refractivity contribution in [2.75, 3.05) is 38.1 Å². The van der Waals surface area contributed by atoms with Gasteiger partial charge in [0.25, 0.3) is 0 Å². The summed E-state index contributed by atoms with van der Waals surface area (Å²) in [4.78, 5) is 15.8. The SMILES string of the molecule is CC.CC.CCN(CC)CCCN(C)c1c(C)c(=O)c1=S. The Hall–Kier alpha value is -0.740. The molecule has 0 bridgehead atoms. The summed E-state index contributed by atoms with van der Waals surface area (Å²) in [7, 11) is 2.01. The lowest BCUT2D eigenvalue weighted by molar-refractivity contribution is 0.301. The molecule has 3 nitrogen and oxygen atoms in total. The van der Waals surface area contributed by atoms with Gasteiger partial charge in [0, 0.05) is 19.2 Å². The summed E-state index contributed by atoms with van der Waals surface area (Å²) in [6, 6.07) is 0. The van der Waals surface area contributed by atoms with Crippen molar-refractivity contribution in [2.24, 2.45) is 0 Å². The van der Waals surface area contributed by atoms with Crippen molar-refractivity contribution in [3.8, 4) is 0 Å². The average Bonchev–Trinajstić information content (AvgIpc) is 2.55. The van der Waals surface area contributed by atoms with Gasteiger partial charge in [0.2, 0.25) is 5.43 Å². The molecule has 21 heavy (non-hydrogen) atoms. The van der Waals surface area contributed by atoms with Crippen LogP contribution in [0.25, 0.3) is 0 Å². The monoisotopic (exact) mass is 314 g/mol. The summed E-state index contributed by atoms with van der Waals surface area (Å²) < 4.78 is 0.507. The van der Waals surface area contributed by atoms with E-state index >= 15 is 0 Å². The highest BCUT2D eigenvalue weighted by molar-refractivity contribution is 7.71. The van der Waals surface area contributed by atoms with Crippen molar-refractivity contribution in [3.05, 3.63) is 20.3 Å². The van der Waals surface area contributed by atoms with Crippen LogP contribution in [0.1, 0.15) is 53.5 Å². The Bertz CT molecular complexity index is 432. The molecule has 0 saturated carbocycles. The third-order valence-electron chi connectivity index (χ3n) is 3.36. The molecule has 0 atom stereocenters. The summed E-state index contributed by atoms with van der Waals surface area (Å²) in [5.41, 5.74) is 1.84. The smallest absolute Gasteiger partial charge is 0.203 e. The van der Waals surface area contributed by atoms with E-state index in [0.717, 1.165) is 43.9 Å². The van der Waals surface area contributed by atoms with Gasteiger partial charge in [-0.15, -0.1) is 0 Å². The second kappa shape index (κ2) is 13.0. The zero-order chi connectivity index (χ0) is 17.0. The molecule has 1 aromatic rings. The van der Waals surface area contributed by atoms with Crippen molar-refractivity contribution < 1.29 is 0 Å². The van der Waals surface area contributed by atoms with Crippen molar-refractivity contribution in [2.45, 2.75) is 54.9 Å². The number of rotatable bonds is 7. The van der Waals surface area contributed by atoms with E-state index in [1.807, 2.05) is 41.7 Å². The van der Waals surface area contributed by atoms with Gasteiger partial charge < -0.3 is 9.80 Å². The molecule has 0 saturated heterocycles. The number of hydrogen-bond donors (Lipinski definition) is 0.